The summed E-state index contributed by atoms with van der Waals surface area (Å²) in [6, 6.07) is 8.62. The summed E-state index contributed by atoms with van der Waals surface area (Å²) in [6.07, 6.45) is 11.6. The molecule has 0 N–H and O–H groups in total. The number of hydrogen-bond donors (Lipinski definition) is 0. The zero-order chi connectivity index (χ0) is 13.9. The molecule has 3 rings (SSSR count). The van der Waals surface area contributed by atoms with Crippen molar-refractivity contribution >= 4 is 10.9 Å². The van der Waals surface area contributed by atoms with Gasteiger partial charge in [-0.1, -0.05) is 42.0 Å². The molecule has 100 valence electrons. The SMILES string of the molecule is C/C1=C/C(c2ccc3cc(F)ccc3n2)/C=C/C=C\C1. The predicted molar refractivity (Wildman–Crippen MR) is 81.1 cm³/mol. The molecular weight excluding hydrogens is 249 g/mol. The van der Waals surface area contributed by atoms with Crippen LogP contribution in [0.5, 0.6) is 0 Å². The molecule has 2 heteroatoms. The number of allylic oxidation sites excluding steroid dienone is 6. The summed E-state index contributed by atoms with van der Waals surface area (Å²) in [5, 5.41) is 0.837. The molecule has 1 atom stereocenters. The standard InChI is InChI=1S/C18H16FN/c1-13-5-3-2-4-6-14(11-13)17-9-7-15-12-16(19)8-10-18(15)20-17/h2-4,6-12,14H,5H2,1H3/b3-2-,6-4+,13-11-. The van der Waals surface area contributed by atoms with Gasteiger partial charge in [0.2, 0.25) is 0 Å². The minimum absolute atomic E-state index is 0.175. The van der Waals surface area contributed by atoms with E-state index in [9.17, 15) is 4.39 Å². The summed E-state index contributed by atoms with van der Waals surface area (Å²) in [4.78, 5) is 4.66. The molecule has 0 bridgehead atoms. The molecule has 1 heterocycles. The minimum Gasteiger partial charge on any atom is -0.252 e. The second-order valence-corrected chi connectivity index (χ2v) is 5.13. The van der Waals surface area contributed by atoms with Crippen molar-refractivity contribution in [1.82, 2.24) is 4.98 Å². The van der Waals surface area contributed by atoms with Crippen molar-refractivity contribution in [2.24, 2.45) is 0 Å². The van der Waals surface area contributed by atoms with Crippen LogP contribution in [0.1, 0.15) is 25.0 Å². The Bertz CT molecular complexity index is 725. The van der Waals surface area contributed by atoms with Crippen molar-refractivity contribution in [1.29, 1.82) is 0 Å². The average molecular weight is 265 g/mol. The second-order valence-electron chi connectivity index (χ2n) is 5.13. The van der Waals surface area contributed by atoms with E-state index in [-0.39, 0.29) is 11.7 Å². The molecule has 20 heavy (non-hydrogen) atoms. The van der Waals surface area contributed by atoms with E-state index in [1.807, 2.05) is 12.1 Å². The molecule has 0 spiro atoms. The topological polar surface area (TPSA) is 12.9 Å². The number of hydrogen-bond acceptors (Lipinski definition) is 1. The van der Waals surface area contributed by atoms with Gasteiger partial charge < -0.3 is 0 Å². The highest BCUT2D eigenvalue weighted by Crippen LogP contribution is 2.24. The van der Waals surface area contributed by atoms with E-state index < -0.39 is 0 Å². The lowest BCUT2D eigenvalue weighted by Crippen LogP contribution is -1.98. The second kappa shape index (κ2) is 5.41. The zero-order valence-electron chi connectivity index (χ0n) is 11.4. The maximum absolute atomic E-state index is 13.2. The lowest BCUT2D eigenvalue weighted by Gasteiger charge is -2.11. The number of nitrogens with zero attached hydrogens (tertiary/aromatic N) is 1. The molecule has 0 saturated heterocycles. The molecule has 0 fully saturated rings. The van der Waals surface area contributed by atoms with Crippen molar-refractivity contribution in [2.75, 3.05) is 0 Å². The van der Waals surface area contributed by atoms with E-state index in [2.05, 4.69) is 42.3 Å². The molecule has 1 unspecified atom stereocenters. The van der Waals surface area contributed by atoms with E-state index in [0.717, 1.165) is 23.0 Å². The number of halogens is 1. The van der Waals surface area contributed by atoms with Crippen molar-refractivity contribution in [3.8, 4) is 0 Å². The van der Waals surface area contributed by atoms with Crippen LogP contribution in [0.4, 0.5) is 4.39 Å². The van der Waals surface area contributed by atoms with Crippen LogP contribution in [-0.4, -0.2) is 4.98 Å². The van der Waals surface area contributed by atoms with Crippen LogP contribution in [0.2, 0.25) is 0 Å². The van der Waals surface area contributed by atoms with Crippen LogP contribution < -0.4 is 0 Å². The van der Waals surface area contributed by atoms with Gasteiger partial charge in [-0.3, -0.25) is 4.98 Å². The van der Waals surface area contributed by atoms with E-state index in [1.54, 1.807) is 6.07 Å². The Balaban J connectivity index is 2.05. The molecule has 1 aromatic carbocycles. The third-order valence-corrected chi connectivity index (χ3v) is 3.48. The molecular formula is C18H16FN. The highest BCUT2D eigenvalue weighted by molar-refractivity contribution is 5.78. The smallest absolute Gasteiger partial charge is 0.123 e. The van der Waals surface area contributed by atoms with Gasteiger partial charge in [0.1, 0.15) is 5.82 Å². The fourth-order valence-electron chi connectivity index (χ4n) is 2.43. The first-order valence-electron chi connectivity index (χ1n) is 6.79. The Kier molecular flexibility index (Phi) is 3.46. The van der Waals surface area contributed by atoms with Gasteiger partial charge >= 0.3 is 0 Å². The Labute approximate surface area is 118 Å². The third-order valence-electron chi connectivity index (χ3n) is 3.48. The predicted octanol–water partition coefficient (Wildman–Crippen LogP) is 4.92. The summed E-state index contributed by atoms with van der Waals surface area (Å²) < 4.78 is 13.2. The Morgan fingerprint density at radius 1 is 1.15 bits per heavy atom. The Morgan fingerprint density at radius 2 is 2.05 bits per heavy atom. The number of rotatable bonds is 1. The van der Waals surface area contributed by atoms with Crippen molar-refractivity contribution in [3.05, 3.63) is 77.8 Å². The van der Waals surface area contributed by atoms with E-state index in [4.69, 9.17) is 0 Å². The molecule has 2 aromatic rings. The largest absolute Gasteiger partial charge is 0.252 e. The fourth-order valence-corrected chi connectivity index (χ4v) is 2.43. The summed E-state index contributed by atoms with van der Waals surface area (Å²) in [5.74, 6) is -0.0480. The molecule has 1 aromatic heterocycles. The lowest BCUT2D eigenvalue weighted by atomic mass is 9.97. The lowest BCUT2D eigenvalue weighted by molar-refractivity contribution is 0.629. The van der Waals surface area contributed by atoms with Crippen LogP contribution >= 0.6 is 0 Å². The van der Waals surface area contributed by atoms with Gasteiger partial charge in [-0.15, -0.1) is 0 Å². The number of fused-ring (bicyclic) bond motifs is 1. The van der Waals surface area contributed by atoms with Gasteiger partial charge in [0, 0.05) is 11.3 Å². The average Bonchev–Trinajstić information content (AvgIpc) is 2.42. The first-order valence-corrected chi connectivity index (χ1v) is 6.79. The maximum Gasteiger partial charge on any atom is 0.123 e. The monoisotopic (exact) mass is 265 g/mol. The maximum atomic E-state index is 13.2. The molecule has 0 amide bonds. The van der Waals surface area contributed by atoms with Crippen LogP contribution in [0.15, 0.2) is 66.3 Å². The number of benzene rings is 1. The van der Waals surface area contributed by atoms with E-state index in [1.165, 1.54) is 17.7 Å². The summed E-state index contributed by atoms with van der Waals surface area (Å²) in [7, 11) is 0. The van der Waals surface area contributed by atoms with Gasteiger partial charge in [-0.05, 0) is 37.6 Å². The molecule has 1 nitrogen and oxygen atoms in total. The van der Waals surface area contributed by atoms with Crippen LogP contribution in [0.25, 0.3) is 10.9 Å². The summed E-state index contributed by atoms with van der Waals surface area (Å²) in [5.41, 5.74) is 3.16. The van der Waals surface area contributed by atoms with E-state index in [0.29, 0.717) is 0 Å². The highest BCUT2D eigenvalue weighted by Gasteiger charge is 2.09. The van der Waals surface area contributed by atoms with Crippen LogP contribution in [0.3, 0.4) is 0 Å². The zero-order valence-corrected chi connectivity index (χ0v) is 11.4. The van der Waals surface area contributed by atoms with Gasteiger partial charge in [0.15, 0.2) is 0 Å². The first-order chi connectivity index (χ1) is 9.72. The van der Waals surface area contributed by atoms with Gasteiger partial charge in [-0.25, -0.2) is 4.39 Å². The quantitative estimate of drug-likeness (QED) is 0.667. The highest BCUT2D eigenvalue weighted by atomic mass is 19.1. The van der Waals surface area contributed by atoms with E-state index >= 15 is 0 Å². The molecule has 1 aliphatic rings. The van der Waals surface area contributed by atoms with Crippen molar-refractivity contribution < 1.29 is 4.39 Å². The van der Waals surface area contributed by atoms with Crippen LogP contribution in [0, 0.1) is 5.82 Å². The number of aromatic nitrogens is 1. The summed E-state index contributed by atoms with van der Waals surface area (Å²) >= 11 is 0. The molecule has 0 saturated carbocycles. The van der Waals surface area contributed by atoms with Gasteiger partial charge in [-0.2, -0.15) is 0 Å². The molecule has 1 aliphatic carbocycles. The normalized spacial score (nSPS) is 24.5. The van der Waals surface area contributed by atoms with Crippen molar-refractivity contribution in [3.63, 3.8) is 0 Å². The van der Waals surface area contributed by atoms with Crippen LogP contribution in [-0.2, 0) is 0 Å². The Hall–Kier alpha value is -2.22. The minimum atomic E-state index is -0.223. The Morgan fingerprint density at radius 3 is 2.95 bits per heavy atom. The molecule has 0 aliphatic heterocycles. The van der Waals surface area contributed by atoms with Gasteiger partial charge in [0.05, 0.1) is 11.2 Å². The third kappa shape index (κ3) is 2.69. The number of pyridine rings is 1. The molecule has 0 radical (unpaired) electrons. The fraction of sp³-hybridized carbons (Fsp3) is 0.167. The van der Waals surface area contributed by atoms with Crippen molar-refractivity contribution in [2.45, 2.75) is 19.3 Å². The van der Waals surface area contributed by atoms with Gasteiger partial charge in [0.25, 0.3) is 0 Å². The summed E-state index contributed by atoms with van der Waals surface area (Å²) in [6.45, 7) is 2.13. The first kappa shape index (κ1) is 12.8.